The number of halogens is 1. The smallest absolute Gasteiger partial charge is 0.242 e. The maximum atomic E-state index is 12.3. The molecular weight excluding hydrogens is 332 g/mol. The average molecular weight is 347 g/mol. The standard InChI is InChI=1S/C13H15ClN2O3S2/c14-13-4-3-11(20-13)6-15-21(18,19)12-5-10(8-17)16(7-12)9-1-2-9/h3-5,7,9,15,17H,1-2,6,8H2. The first-order chi connectivity index (χ1) is 9.99. The molecule has 0 spiro atoms. The van der Waals surface area contributed by atoms with E-state index in [1.807, 2.05) is 4.57 Å². The van der Waals surface area contributed by atoms with Crippen LogP contribution in [0, 0.1) is 0 Å². The highest BCUT2D eigenvalue weighted by molar-refractivity contribution is 7.89. The Kier molecular flexibility index (Phi) is 4.11. The molecule has 0 unspecified atom stereocenters. The van der Waals surface area contributed by atoms with E-state index in [0.29, 0.717) is 16.1 Å². The van der Waals surface area contributed by atoms with Crippen molar-refractivity contribution >= 4 is 33.0 Å². The number of sulfonamides is 1. The Morgan fingerprint density at radius 1 is 1.43 bits per heavy atom. The summed E-state index contributed by atoms with van der Waals surface area (Å²) in [5.41, 5.74) is 0.636. The second kappa shape index (κ2) is 5.73. The molecule has 0 atom stereocenters. The zero-order valence-corrected chi connectivity index (χ0v) is 13.5. The van der Waals surface area contributed by atoms with E-state index in [4.69, 9.17) is 11.6 Å². The predicted molar refractivity (Wildman–Crippen MR) is 82.0 cm³/mol. The number of nitrogens with one attached hydrogen (secondary N) is 1. The number of hydrogen-bond donors (Lipinski definition) is 2. The van der Waals surface area contributed by atoms with Crippen molar-refractivity contribution in [1.29, 1.82) is 0 Å². The van der Waals surface area contributed by atoms with Gasteiger partial charge in [0.05, 0.1) is 15.8 Å². The van der Waals surface area contributed by atoms with Gasteiger partial charge in [0.1, 0.15) is 0 Å². The zero-order valence-electron chi connectivity index (χ0n) is 11.1. The molecule has 114 valence electrons. The van der Waals surface area contributed by atoms with E-state index in [1.54, 1.807) is 18.3 Å². The lowest BCUT2D eigenvalue weighted by molar-refractivity contribution is 0.270. The number of nitrogens with zero attached hydrogens (tertiary/aromatic N) is 1. The van der Waals surface area contributed by atoms with Crippen LogP contribution in [0.15, 0.2) is 29.3 Å². The second-order valence-electron chi connectivity index (χ2n) is 4.99. The van der Waals surface area contributed by atoms with Gasteiger partial charge in [-0.05, 0) is 31.0 Å². The molecule has 2 aromatic heterocycles. The number of aromatic nitrogens is 1. The quantitative estimate of drug-likeness (QED) is 0.844. The Morgan fingerprint density at radius 3 is 2.76 bits per heavy atom. The minimum Gasteiger partial charge on any atom is -0.390 e. The number of aliphatic hydroxyl groups excluding tert-OH is 1. The molecule has 0 amide bonds. The minimum absolute atomic E-state index is 0.160. The summed E-state index contributed by atoms with van der Waals surface area (Å²) in [7, 11) is -3.59. The highest BCUT2D eigenvalue weighted by atomic mass is 35.5. The van der Waals surface area contributed by atoms with Gasteiger partial charge in [0.15, 0.2) is 0 Å². The largest absolute Gasteiger partial charge is 0.390 e. The first-order valence-corrected chi connectivity index (χ1v) is 9.23. The third kappa shape index (κ3) is 3.32. The Morgan fingerprint density at radius 2 is 2.19 bits per heavy atom. The molecule has 0 saturated heterocycles. The number of aliphatic hydroxyl groups is 1. The highest BCUT2D eigenvalue weighted by Crippen LogP contribution is 2.37. The van der Waals surface area contributed by atoms with Crippen LogP contribution in [0.4, 0.5) is 0 Å². The molecule has 5 nitrogen and oxygen atoms in total. The molecule has 2 heterocycles. The molecule has 21 heavy (non-hydrogen) atoms. The van der Waals surface area contributed by atoms with Gasteiger partial charge < -0.3 is 9.67 Å². The van der Waals surface area contributed by atoms with Crippen molar-refractivity contribution in [3.63, 3.8) is 0 Å². The summed E-state index contributed by atoms with van der Waals surface area (Å²) < 4.78 is 29.7. The fraction of sp³-hybridized carbons (Fsp3) is 0.385. The molecule has 0 aromatic carbocycles. The monoisotopic (exact) mass is 346 g/mol. The molecule has 0 bridgehead atoms. The first kappa shape index (κ1) is 15.1. The van der Waals surface area contributed by atoms with Crippen LogP contribution in [0.5, 0.6) is 0 Å². The van der Waals surface area contributed by atoms with E-state index in [2.05, 4.69) is 4.72 Å². The van der Waals surface area contributed by atoms with Gasteiger partial charge in [0.25, 0.3) is 0 Å². The van der Waals surface area contributed by atoms with Crippen molar-refractivity contribution in [2.45, 2.75) is 36.9 Å². The fourth-order valence-electron chi connectivity index (χ4n) is 2.16. The van der Waals surface area contributed by atoms with Gasteiger partial charge >= 0.3 is 0 Å². The number of thiophene rings is 1. The highest BCUT2D eigenvalue weighted by Gasteiger charge is 2.28. The molecule has 0 aliphatic heterocycles. The lowest BCUT2D eigenvalue weighted by atomic mass is 10.4. The lowest BCUT2D eigenvalue weighted by Crippen LogP contribution is -2.22. The van der Waals surface area contributed by atoms with E-state index < -0.39 is 10.0 Å². The van der Waals surface area contributed by atoms with Crippen molar-refractivity contribution in [3.8, 4) is 0 Å². The predicted octanol–water partition coefficient (Wildman–Crippen LogP) is 2.51. The van der Waals surface area contributed by atoms with Crippen LogP contribution in [-0.4, -0.2) is 18.1 Å². The van der Waals surface area contributed by atoms with Crippen molar-refractivity contribution in [2.24, 2.45) is 0 Å². The van der Waals surface area contributed by atoms with E-state index in [0.717, 1.165) is 17.7 Å². The SMILES string of the molecule is O=S(=O)(NCc1ccc(Cl)s1)c1cc(CO)n(C2CC2)c1. The van der Waals surface area contributed by atoms with Crippen molar-refractivity contribution in [1.82, 2.24) is 9.29 Å². The summed E-state index contributed by atoms with van der Waals surface area (Å²) in [5.74, 6) is 0. The Labute approximate surface area is 132 Å². The summed E-state index contributed by atoms with van der Waals surface area (Å²) in [6, 6.07) is 5.39. The van der Waals surface area contributed by atoms with Crippen LogP contribution in [0.3, 0.4) is 0 Å². The lowest BCUT2D eigenvalue weighted by Gasteiger charge is -2.04. The first-order valence-electron chi connectivity index (χ1n) is 6.55. The summed E-state index contributed by atoms with van der Waals surface area (Å²) in [6.45, 7) is 0.0509. The fourth-order valence-corrected chi connectivity index (χ4v) is 4.33. The molecule has 0 radical (unpaired) electrons. The summed E-state index contributed by atoms with van der Waals surface area (Å²) in [6.07, 6.45) is 3.66. The molecule has 8 heteroatoms. The Hall–Kier alpha value is -0.860. The summed E-state index contributed by atoms with van der Waals surface area (Å²) in [4.78, 5) is 1.05. The van der Waals surface area contributed by atoms with Gasteiger partial charge in [-0.2, -0.15) is 0 Å². The van der Waals surface area contributed by atoms with E-state index in [1.165, 1.54) is 17.4 Å². The van der Waals surface area contributed by atoms with Crippen LogP contribution < -0.4 is 4.72 Å². The minimum atomic E-state index is -3.59. The van der Waals surface area contributed by atoms with E-state index >= 15 is 0 Å². The topological polar surface area (TPSA) is 71.3 Å². The molecule has 1 aliphatic rings. The van der Waals surface area contributed by atoms with Gasteiger partial charge in [-0.1, -0.05) is 11.6 Å². The normalized spacial score (nSPS) is 15.5. The van der Waals surface area contributed by atoms with E-state index in [-0.39, 0.29) is 18.0 Å². The van der Waals surface area contributed by atoms with Crippen LogP contribution >= 0.6 is 22.9 Å². The molecule has 1 aliphatic carbocycles. The Balaban J connectivity index is 1.77. The molecule has 1 fully saturated rings. The average Bonchev–Trinajstić information content (AvgIpc) is 3.05. The third-order valence-electron chi connectivity index (χ3n) is 3.38. The summed E-state index contributed by atoms with van der Waals surface area (Å²) >= 11 is 7.17. The molecule has 3 rings (SSSR count). The molecular formula is C13H15ClN2O3S2. The van der Waals surface area contributed by atoms with Crippen molar-refractivity contribution in [3.05, 3.63) is 39.3 Å². The van der Waals surface area contributed by atoms with Crippen molar-refractivity contribution in [2.75, 3.05) is 0 Å². The van der Waals surface area contributed by atoms with Crippen molar-refractivity contribution < 1.29 is 13.5 Å². The molecule has 2 aromatic rings. The zero-order chi connectivity index (χ0) is 15.0. The van der Waals surface area contributed by atoms with Gasteiger partial charge in [-0.15, -0.1) is 11.3 Å². The molecule has 1 saturated carbocycles. The number of hydrogen-bond acceptors (Lipinski definition) is 4. The maximum absolute atomic E-state index is 12.3. The second-order valence-corrected chi connectivity index (χ2v) is 8.56. The van der Waals surface area contributed by atoms with E-state index in [9.17, 15) is 13.5 Å². The van der Waals surface area contributed by atoms with Crippen LogP contribution in [0.25, 0.3) is 0 Å². The molecule has 2 N–H and O–H groups in total. The van der Waals surface area contributed by atoms with Gasteiger partial charge in [0.2, 0.25) is 10.0 Å². The van der Waals surface area contributed by atoms with Gasteiger partial charge in [-0.3, -0.25) is 0 Å². The maximum Gasteiger partial charge on any atom is 0.242 e. The summed E-state index contributed by atoms with van der Waals surface area (Å²) in [5, 5.41) is 9.34. The van der Waals surface area contributed by atoms with Crippen LogP contribution in [0.1, 0.15) is 29.5 Å². The number of rotatable bonds is 6. The van der Waals surface area contributed by atoms with Gasteiger partial charge in [0, 0.05) is 29.4 Å². The van der Waals surface area contributed by atoms with Gasteiger partial charge in [-0.25, -0.2) is 13.1 Å². The third-order valence-corrected chi connectivity index (χ3v) is 5.98. The van der Waals surface area contributed by atoms with Crippen LogP contribution in [0.2, 0.25) is 4.34 Å². The van der Waals surface area contributed by atoms with Crippen LogP contribution in [-0.2, 0) is 23.2 Å². The Bertz CT molecular complexity index is 747.